The van der Waals surface area contributed by atoms with Gasteiger partial charge in [-0.3, -0.25) is 4.57 Å². The molecular formula is C17H28N5O4P. The lowest BCUT2D eigenvalue weighted by Crippen LogP contribution is -2.26. The molecule has 150 valence electrons. The van der Waals surface area contributed by atoms with Crippen molar-refractivity contribution in [1.29, 1.82) is 0 Å². The van der Waals surface area contributed by atoms with Gasteiger partial charge >= 0.3 is 7.60 Å². The van der Waals surface area contributed by atoms with E-state index in [4.69, 9.17) is 19.5 Å². The van der Waals surface area contributed by atoms with E-state index < -0.39 is 13.2 Å². The third-order valence-corrected chi connectivity index (χ3v) is 6.44. The molecule has 10 heteroatoms. The number of nitrogens with two attached hydrogens (primary N) is 1. The first-order valence-corrected chi connectivity index (χ1v) is 10.9. The van der Waals surface area contributed by atoms with E-state index in [1.165, 1.54) is 6.33 Å². The van der Waals surface area contributed by atoms with E-state index in [2.05, 4.69) is 21.9 Å². The predicted octanol–water partition coefficient (Wildman–Crippen LogP) is 3.20. The molecule has 0 saturated heterocycles. The SMILES string of the molecule is CC(C)OP(=O)(COC1(Cn2cnc3c(N)ncnc32)CC1C)OC(C)C. The molecule has 2 unspecified atom stereocenters. The Balaban J connectivity index is 1.75. The number of fused-ring (bicyclic) bond motifs is 1. The number of hydrogen-bond donors (Lipinski definition) is 1. The summed E-state index contributed by atoms with van der Waals surface area (Å²) in [5, 5.41) is 0. The van der Waals surface area contributed by atoms with Gasteiger partial charge in [0.05, 0.1) is 30.7 Å². The minimum Gasteiger partial charge on any atom is -0.382 e. The summed E-state index contributed by atoms with van der Waals surface area (Å²) >= 11 is 0. The molecule has 2 aromatic rings. The Hall–Kier alpha value is -1.54. The van der Waals surface area contributed by atoms with Gasteiger partial charge in [0, 0.05) is 0 Å². The fourth-order valence-corrected chi connectivity index (χ4v) is 5.04. The molecule has 0 spiro atoms. The Morgan fingerprint density at radius 3 is 2.44 bits per heavy atom. The molecule has 2 N–H and O–H groups in total. The largest absolute Gasteiger partial charge is 0.382 e. The molecule has 0 amide bonds. The average Bonchev–Trinajstić information content (AvgIpc) is 2.98. The molecular weight excluding hydrogens is 369 g/mol. The van der Waals surface area contributed by atoms with Crippen molar-refractivity contribution in [3.05, 3.63) is 12.7 Å². The number of nitrogen functional groups attached to an aromatic ring is 1. The molecule has 1 aliphatic carbocycles. The van der Waals surface area contributed by atoms with Crippen LogP contribution in [-0.4, -0.2) is 43.7 Å². The number of imidazole rings is 1. The van der Waals surface area contributed by atoms with Gasteiger partial charge in [0.2, 0.25) is 0 Å². The highest BCUT2D eigenvalue weighted by atomic mass is 31.2. The smallest absolute Gasteiger partial charge is 0.356 e. The first kappa shape index (κ1) is 20.2. The zero-order valence-electron chi connectivity index (χ0n) is 16.5. The predicted molar refractivity (Wildman–Crippen MR) is 102 cm³/mol. The highest BCUT2D eigenvalue weighted by Gasteiger charge is 2.54. The van der Waals surface area contributed by atoms with Crippen molar-refractivity contribution in [2.75, 3.05) is 12.1 Å². The van der Waals surface area contributed by atoms with Crippen molar-refractivity contribution in [3.63, 3.8) is 0 Å². The van der Waals surface area contributed by atoms with Gasteiger partial charge in [0.25, 0.3) is 0 Å². The molecule has 1 aliphatic rings. The Bertz CT molecular complexity index is 841. The Kier molecular flexibility index (Phi) is 5.59. The van der Waals surface area contributed by atoms with Gasteiger partial charge in [-0.25, -0.2) is 15.0 Å². The van der Waals surface area contributed by atoms with Gasteiger partial charge in [0.15, 0.2) is 11.5 Å². The van der Waals surface area contributed by atoms with E-state index in [0.29, 0.717) is 29.4 Å². The third-order valence-electron chi connectivity index (χ3n) is 4.51. The number of hydrogen-bond acceptors (Lipinski definition) is 8. The summed E-state index contributed by atoms with van der Waals surface area (Å²) < 4.78 is 32.2. The normalized spacial score (nSPS) is 22.9. The summed E-state index contributed by atoms with van der Waals surface area (Å²) in [6.07, 6.45) is 3.42. The van der Waals surface area contributed by atoms with Crippen LogP contribution >= 0.6 is 7.60 Å². The van der Waals surface area contributed by atoms with Crippen molar-refractivity contribution in [2.24, 2.45) is 5.92 Å². The van der Waals surface area contributed by atoms with E-state index in [-0.39, 0.29) is 18.6 Å². The fraction of sp³-hybridized carbons (Fsp3) is 0.706. The third kappa shape index (κ3) is 4.48. The summed E-state index contributed by atoms with van der Waals surface area (Å²) in [6.45, 7) is 9.94. The van der Waals surface area contributed by atoms with Crippen LogP contribution in [0.1, 0.15) is 41.0 Å². The van der Waals surface area contributed by atoms with Gasteiger partial charge in [-0.2, -0.15) is 0 Å². The van der Waals surface area contributed by atoms with Crippen LogP contribution in [-0.2, 0) is 24.9 Å². The second-order valence-electron chi connectivity index (χ2n) is 7.67. The van der Waals surface area contributed by atoms with Crippen molar-refractivity contribution in [2.45, 2.75) is 65.4 Å². The Morgan fingerprint density at radius 1 is 1.26 bits per heavy atom. The molecule has 2 heterocycles. The lowest BCUT2D eigenvalue weighted by molar-refractivity contribution is 0.0185. The number of ether oxygens (including phenoxy) is 1. The second kappa shape index (κ2) is 7.47. The molecule has 0 radical (unpaired) electrons. The van der Waals surface area contributed by atoms with E-state index in [1.54, 1.807) is 6.33 Å². The quantitative estimate of drug-likeness (QED) is 0.642. The summed E-state index contributed by atoms with van der Waals surface area (Å²) in [6, 6.07) is 0. The molecule has 1 fully saturated rings. The molecule has 27 heavy (non-hydrogen) atoms. The van der Waals surface area contributed by atoms with Crippen molar-refractivity contribution >= 4 is 24.6 Å². The van der Waals surface area contributed by atoms with Crippen LogP contribution in [0.15, 0.2) is 12.7 Å². The molecule has 1 saturated carbocycles. The minimum atomic E-state index is -3.35. The zero-order chi connectivity index (χ0) is 19.8. The maximum atomic E-state index is 13.0. The number of rotatable bonds is 9. The molecule has 2 aromatic heterocycles. The topological polar surface area (TPSA) is 114 Å². The van der Waals surface area contributed by atoms with Crippen LogP contribution in [0.4, 0.5) is 5.82 Å². The summed E-state index contributed by atoms with van der Waals surface area (Å²) in [5.74, 6) is 0.651. The highest BCUT2D eigenvalue weighted by Crippen LogP contribution is 2.55. The Labute approximate surface area is 159 Å². The standard InChI is InChI=1S/C17H28N5O4P/c1-11(2)25-27(23,26-12(3)4)10-24-17(6-13(17)5)7-22-9-21-14-15(18)19-8-20-16(14)22/h8-9,11-13H,6-7,10H2,1-5H3,(H2,18,19,20). The maximum Gasteiger partial charge on any atom is 0.356 e. The van der Waals surface area contributed by atoms with Gasteiger partial charge in [0.1, 0.15) is 18.2 Å². The van der Waals surface area contributed by atoms with E-state index in [1.807, 2.05) is 32.3 Å². The van der Waals surface area contributed by atoms with Crippen LogP contribution in [0.25, 0.3) is 11.2 Å². The van der Waals surface area contributed by atoms with Crippen LogP contribution in [0.2, 0.25) is 0 Å². The number of anilines is 1. The van der Waals surface area contributed by atoms with Gasteiger partial charge in [-0.05, 0) is 40.0 Å². The van der Waals surface area contributed by atoms with Crippen molar-refractivity contribution < 1.29 is 18.3 Å². The van der Waals surface area contributed by atoms with Crippen molar-refractivity contribution in [1.82, 2.24) is 19.5 Å². The summed E-state index contributed by atoms with van der Waals surface area (Å²) in [4.78, 5) is 12.5. The van der Waals surface area contributed by atoms with Gasteiger partial charge < -0.3 is 24.1 Å². The molecule has 3 rings (SSSR count). The van der Waals surface area contributed by atoms with E-state index in [9.17, 15) is 4.57 Å². The summed E-state index contributed by atoms with van der Waals surface area (Å²) in [5.41, 5.74) is 6.63. The molecule has 2 atom stereocenters. The first-order valence-electron chi connectivity index (χ1n) is 9.15. The lowest BCUT2D eigenvalue weighted by atomic mass is 10.2. The first-order chi connectivity index (χ1) is 12.6. The Morgan fingerprint density at radius 2 is 1.89 bits per heavy atom. The minimum absolute atomic E-state index is 0.0859. The van der Waals surface area contributed by atoms with E-state index >= 15 is 0 Å². The van der Waals surface area contributed by atoms with Crippen LogP contribution in [0.3, 0.4) is 0 Å². The average molecular weight is 397 g/mol. The lowest BCUT2D eigenvalue weighted by Gasteiger charge is -2.26. The van der Waals surface area contributed by atoms with Crippen LogP contribution in [0.5, 0.6) is 0 Å². The number of aromatic nitrogens is 4. The number of nitrogens with zero attached hydrogens (tertiary/aromatic N) is 4. The van der Waals surface area contributed by atoms with Crippen LogP contribution in [0, 0.1) is 5.92 Å². The van der Waals surface area contributed by atoms with Gasteiger partial charge in [-0.15, -0.1) is 0 Å². The summed E-state index contributed by atoms with van der Waals surface area (Å²) in [7, 11) is -3.35. The molecule has 9 nitrogen and oxygen atoms in total. The molecule has 0 bridgehead atoms. The van der Waals surface area contributed by atoms with Crippen LogP contribution < -0.4 is 5.73 Å². The second-order valence-corrected chi connectivity index (χ2v) is 9.57. The monoisotopic (exact) mass is 397 g/mol. The zero-order valence-corrected chi connectivity index (χ0v) is 17.3. The van der Waals surface area contributed by atoms with Gasteiger partial charge in [-0.1, -0.05) is 6.92 Å². The molecule has 0 aromatic carbocycles. The highest BCUT2D eigenvalue weighted by molar-refractivity contribution is 7.53. The fourth-order valence-electron chi connectivity index (χ4n) is 3.17. The van der Waals surface area contributed by atoms with E-state index in [0.717, 1.165) is 6.42 Å². The van der Waals surface area contributed by atoms with Crippen molar-refractivity contribution in [3.8, 4) is 0 Å². The molecule has 0 aliphatic heterocycles. The maximum absolute atomic E-state index is 13.0.